The van der Waals surface area contributed by atoms with E-state index in [1.807, 2.05) is 24.3 Å². The first-order valence-corrected chi connectivity index (χ1v) is 8.62. The van der Waals surface area contributed by atoms with E-state index in [0.29, 0.717) is 13.2 Å². The number of ether oxygens (including phenoxy) is 1. The molecule has 2 aromatic rings. The molecule has 0 atom stereocenters. The van der Waals surface area contributed by atoms with Crippen LogP contribution in [0.1, 0.15) is 25.3 Å². The first-order valence-electron chi connectivity index (χ1n) is 8.62. The van der Waals surface area contributed by atoms with E-state index in [1.165, 1.54) is 5.56 Å². The van der Waals surface area contributed by atoms with Gasteiger partial charge in [0.25, 0.3) is 0 Å². The Morgan fingerprint density at radius 2 is 1.71 bits per heavy atom. The molecular weight excluding hydrogens is 300 g/mol. The average molecular weight is 324 g/mol. The molecule has 0 radical (unpaired) electrons. The molecule has 1 aliphatic rings. The first-order chi connectivity index (χ1) is 11.8. The molecule has 0 aromatic heterocycles. The molecule has 0 aliphatic carbocycles. The number of amides is 1. The van der Waals surface area contributed by atoms with Crippen molar-refractivity contribution in [2.24, 2.45) is 0 Å². The zero-order valence-electron chi connectivity index (χ0n) is 14.1. The lowest BCUT2D eigenvalue weighted by Gasteiger charge is -2.37. The summed E-state index contributed by atoms with van der Waals surface area (Å²) >= 11 is 0. The molecule has 0 fully saturated rings. The lowest BCUT2D eigenvalue weighted by atomic mass is 10.1. The van der Waals surface area contributed by atoms with Crippen LogP contribution in [0.25, 0.3) is 0 Å². The molecule has 0 spiro atoms. The Bertz CT molecular complexity index is 672. The van der Waals surface area contributed by atoms with Crippen LogP contribution in [0.3, 0.4) is 0 Å². The van der Waals surface area contributed by atoms with E-state index in [0.717, 1.165) is 37.3 Å². The summed E-state index contributed by atoms with van der Waals surface area (Å²) < 4.78 is 5.40. The molecule has 0 bridgehead atoms. The predicted molar refractivity (Wildman–Crippen MR) is 97.5 cm³/mol. The summed E-state index contributed by atoms with van der Waals surface area (Å²) in [5, 5.41) is 0. The van der Waals surface area contributed by atoms with Crippen LogP contribution in [-0.4, -0.2) is 25.8 Å². The standard InChI is InChI=1S/C20H24N2O2/c1-2-3-15-24-20(23)22-14-13-21(16-17-9-5-4-6-10-17)18-11-7-8-12-19(18)22/h4-12H,2-3,13-16H2,1H3. The monoisotopic (exact) mass is 324 g/mol. The van der Waals surface area contributed by atoms with Crippen LogP contribution in [0.15, 0.2) is 54.6 Å². The number of para-hydroxylation sites is 2. The van der Waals surface area contributed by atoms with Gasteiger partial charge in [-0.25, -0.2) is 4.79 Å². The van der Waals surface area contributed by atoms with Gasteiger partial charge in [0.15, 0.2) is 0 Å². The van der Waals surface area contributed by atoms with Crippen molar-refractivity contribution in [2.45, 2.75) is 26.3 Å². The Kier molecular flexibility index (Phi) is 5.36. The number of rotatable bonds is 5. The second-order valence-corrected chi connectivity index (χ2v) is 6.02. The lowest BCUT2D eigenvalue weighted by Crippen LogP contribution is -2.44. The Labute approximate surface area is 143 Å². The highest BCUT2D eigenvalue weighted by atomic mass is 16.6. The summed E-state index contributed by atoms with van der Waals surface area (Å²) in [5.41, 5.74) is 3.28. The SMILES string of the molecule is CCCCOC(=O)N1CCN(Cc2ccccc2)c2ccccc21. The molecule has 0 N–H and O–H groups in total. The number of hydrogen-bond donors (Lipinski definition) is 0. The highest BCUT2D eigenvalue weighted by Gasteiger charge is 2.27. The van der Waals surface area contributed by atoms with Crippen LogP contribution in [0.2, 0.25) is 0 Å². The highest BCUT2D eigenvalue weighted by molar-refractivity contribution is 5.93. The molecule has 1 aliphatic heterocycles. The average Bonchev–Trinajstić information content (AvgIpc) is 2.63. The van der Waals surface area contributed by atoms with Crippen LogP contribution in [0.5, 0.6) is 0 Å². The van der Waals surface area contributed by atoms with Gasteiger partial charge in [0.1, 0.15) is 0 Å². The highest BCUT2D eigenvalue weighted by Crippen LogP contribution is 2.34. The minimum atomic E-state index is -0.240. The molecule has 24 heavy (non-hydrogen) atoms. The van der Waals surface area contributed by atoms with Gasteiger partial charge in [-0.15, -0.1) is 0 Å². The van der Waals surface area contributed by atoms with Crippen molar-refractivity contribution in [2.75, 3.05) is 29.5 Å². The van der Waals surface area contributed by atoms with Crippen molar-refractivity contribution in [1.82, 2.24) is 0 Å². The summed E-state index contributed by atoms with van der Waals surface area (Å²) in [5.74, 6) is 0. The number of hydrogen-bond acceptors (Lipinski definition) is 3. The quantitative estimate of drug-likeness (QED) is 0.762. The molecule has 126 valence electrons. The Morgan fingerprint density at radius 1 is 1.00 bits per heavy atom. The van der Waals surface area contributed by atoms with Crippen LogP contribution >= 0.6 is 0 Å². The van der Waals surface area contributed by atoms with Crippen LogP contribution in [0.4, 0.5) is 16.2 Å². The van der Waals surface area contributed by atoms with Crippen molar-refractivity contribution < 1.29 is 9.53 Å². The van der Waals surface area contributed by atoms with Gasteiger partial charge in [0.05, 0.1) is 18.0 Å². The van der Waals surface area contributed by atoms with E-state index in [1.54, 1.807) is 4.90 Å². The third kappa shape index (κ3) is 3.70. The number of anilines is 2. The van der Waals surface area contributed by atoms with E-state index >= 15 is 0 Å². The molecule has 4 heteroatoms. The largest absolute Gasteiger partial charge is 0.449 e. The molecule has 1 heterocycles. The fraction of sp³-hybridized carbons (Fsp3) is 0.350. The molecule has 2 aromatic carbocycles. The van der Waals surface area contributed by atoms with Gasteiger partial charge in [-0.2, -0.15) is 0 Å². The van der Waals surface area contributed by atoms with E-state index < -0.39 is 0 Å². The Morgan fingerprint density at radius 3 is 2.46 bits per heavy atom. The minimum Gasteiger partial charge on any atom is -0.449 e. The summed E-state index contributed by atoms with van der Waals surface area (Å²) in [7, 11) is 0. The van der Waals surface area contributed by atoms with Gasteiger partial charge in [0, 0.05) is 19.6 Å². The fourth-order valence-corrected chi connectivity index (χ4v) is 2.96. The maximum absolute atomic E-state index is 12.4. The van der Waals surface area contributed by atoms with E-state index in [9.17, 15) is 4.79 Å². The molecule has 1 amide bonds. The van der Waals surface area contributed by atoms with Crippen molar-refractivity contribution in [3.63, 3.8) is 0 Å². The zero-order chi connectivity index (χ0) is 16.8. The summed E-state index contributed by atoms with van der Waals surface area (Å²) in [4.78, 5) is 16.5. The lowest BCUT2D eigenvalue weighted by molar-refractivity contribution is 0.152. The molecule has 4 nitrogen and oxygen atoms in total. The second-order valence-electron chi connectivity index (χ2n) is 6.02. The topological polar surface area (TPSA) is 32.8 Å². The maximum Gasteiger partial charge on any atom is 0.414 e. The molecule has 3 rings (SSSR count). The maximum atomic E-state index is 12.4. The van der Waals surface area contributed by atoms with Gasteiger partial charge >= 0.3 is 6.09 Å². The molecular formula is C20H24N2O2. The summed E-state index contributed by atoms with van der Waals surface area (Å²) in [6, 6.07) is 18.5. The van der Waals surface area contributed by atoms with E-state index in [-0.39, 0.29) is 6.09 Å². The van der Waals surface area contributed by atoms with Gasteiger partial charge < -0.3 is 9.64 Å². The zero-order valence-corrected chi connectivity index (χ0v) is 14.1. The van der Waals surface area contributed by atoms with Crippen molar-refractivity contribution in [1.29, 1.82) is 0 Å². The van der Waals surface area contributed by atoms with Gasteiger partial charge in [0.2, 0.25) is 0 Å². The predicted octanol–water partition coefficient (Wildman–Crippen LogP) is 4.45. The number of fused-ring (bicyclic) bond motifs is 1. The second kappa shape index (κ2) is 7.86. The third-order valence-electron chi connectivity index (χ3n) is 4.27. The van der Waals surface area contributed by atoms with Gasteiger partial charge in [-0.05, 0) is 24.1 Å². The van der Waals surface area contributed by atoms with Crippen molar-refractivity contribution >= 4 is 17.5 Å². The number of carbonyl (C=O) groups excluding carboxylic acids is 1. The normalized spacial score (nSPS) is 13.5. The van der Waals surface area contributed by atoms with E-state index in [4.69, 9.17) is 4.74 Å². The van der Waals surface area contributed by atoms with Crippen LogP contribution in [-0.2, 0) is 11.3 Å². The summed E-state index contributed by atoms with van der Waals surface area (Å²) in [6.07, 6.45) is 1.69. The number of carbonyl (C=O) groups is 1. The molecule has 0 saturated heterocycles. The Balaban J connectivity index is 1.76. The number of benzene rings is 2. The minimum absolute atomic E-state index is 0.240. The van der Waals surface area contributed by atoms with Gasteiger partial charge in [-0.1, -0.05) is 55.8 Å². The Hall–Kier alpha value is -2.49. The third-order valence-corrected chi connectivity index (χ3v) is 4.27. The van der Waals surface area contributed by atoms with Crippen molar-refractivity contribution in [3.8, 4) is 0 Å². The summed E-state index contributed by atoms with van der Waals surface area (Å²) in [6.45, 7) is 4.87. The molecule has 0 unspecified atom stereocenters. The van der Waals surface area contributed by atoms with Gasteiger partial charge in [-0.3, -0.25) is 4.90 Å². The first kappa shape index (κ1) is 16.4. The number of nitrogens with zero attached hydrogens (tertiary/aromatic N) is 2. The van der Waals surface area contributed by atoms with Crippen LogP contribution < -0.4 is 9.80 Å². The smallest absolute Gasteiger partial charge is 0.414 e. The van der Waals surface area contributed by atoms with E-state index in [2.05, 4.69) is 42.2 Å². The fourth-order valence-electron chi connectivity index (χ4n) is 2.96. The van der Waals surface area contributed by atoms with Crippen LogP contribution in [0, 0.1) is 0 Å². The van der Waals surface area contributed by atoms with Crippen molar-refractivity contribution in [3.05, 3.63) is 60.2 Å². The number of unbranched alkanes of at least 4 members (excludes halogenated alkanes) is 1. The molecule has 0 saturated carbocycles.